The Hall–Kier alpha value is -1.80. The molecule has 2 aromatic carbocycles. The van der Waals surface area contributed by atoms with Crippen LogP contribution < -0.4 is 4.74 Å². The molecule has 0 aromatic heterocycles. The Bertz CT molecular complexity index is 641. The van der Waals surface area contributed by atoms with Gasteiger partial charge in [-0.25, -0.2) is 0 Å². The third kappa shape index (κ3) is 5.34. The summed E-state index contributed by atoms with van der Waals surface area (Å²) in [6, 6.07) is 17.0. The molecule has 1 N–H and O–H groups in total. The van der Waals surface area contributed by atoms with E-state index in [1.54, 1.807) is 0 Å². The van der Waals surface area contributed by atoms with Crippen molar-refractivity contribution >= 4 is 0 Å². The van der Waals surface area contributed by atoms with Crippen LogP contribution in [0, 0.1) is 0 Å². The predicted molar refractivity (Wildman–Crippen MR) is 106 cm³/mol. The molecule has 1 atom stereocenters. The lowest BCUT2D eigenvalue weighted by atomic mass is 9.81. The number of aliphatic hydroxyl groups excluding tert-OH is 1. The van der Waals surface area contributed by atoms with Crippen molar-refractivity contribution in [3.8, 4) is 5.75 Å². The van der Waals surface area contributed by atoms with Crippen molar-refractivity contribution in [3.05, 3.63) is 65.2 Å². The number of ether oxygens (including phenoxy) is 1. The van der Waals surface area contributed by atoms with Gasteiger partial charge >= 0.3 is 0 Å². The number of rotatable bonds is 8. The van der Waals surface area contributed by atoms with Gasteiger partial charge in [0, 0.05) is 18.1 Å². The maximum atomic E-state index is 9.65. The van der Waals surface area contributed by atoms with E-state index in [0.717, 1.165) is 25.2 Å². The summed E-state index contributed by atoms with van der Waals surface area (Å²) >= 11 is 0. The summed E-state index contributed by atoms with van der Waals surface area (Å²) in [5, 5.41) is 9.65. The average Bonchev–Trinajstić information content (AvgIpc) is 2.60. The van der Waals surface area contributed by atoms with Crippen LogP contribution in [0.2, 0.25) is 0 Å². The van der Waals surface area contributed by atoms with Crippen molar-refractivity contribution in [3.63, 3.8) is 0 Å². The van der Waals surface area contributed by atoms with Crippen LogP contribution in [0.1, 0.15) is 69.6 Å². The zero-order valence-corrected chi connectivity index (χ0v) is 16.1. The van der Waals surface area contributed by atoms with Gasteiger partial charge in [-0.1, -0.05) is 76.6 Å². The highest BCUT2D eigenvalue weighted by Crippen LogP contribution is 2.37. The van der Waals surface area contributed by atoms with E-state index in [4.69, 9.17) is 4.74 Å². The Morgan fingerprint density at radius 3 is 2.36 bits per heavy atom. The molecule has 0 saturated heterocycles. The predicted octanol–water partition coefficient (Wildman–Crippen LogP) is 5.68. The summed E-state index contributed by atoms with van der Waals surface area (Å²) in [6.45, 7) is 9.76. The fourth-order valence-electron chi connectivity index (χ4n) is 3.06. The third-order valence-electron chi connectivity index (χ3n) is 4.63. The van der Waals surface area contributed by atoms with Gasteiger partial charge < -0.3 is 9.84 Å². The molecule has 0 aliphatic heterocycles. The second-order valence-electron chi connectivity index (χ2n) is 7.68. The Labute approximate surface area is 152 Å². The molecule has 2 heteroatoms. The fourth-order valence-corrected chi connectivity index (χ4v) is 3.06. The lowest BCUT2D eigenvalue weighted by molar-refractivity contribution is 0.276. The second-order valence-corrected chi connectivity index (χ2v) is 7.68. The molecule has 0 amide bonds. The zero-order valence-electron chi connectivity index (χ0n) is 16.1. The van der Waals surface area contributed by atoms with Gasteiger partial charge in [0.15, 0.2) is 0 Å². The molecular formula is C23H32O2. The molecule has 2 nitrogen and oxygen atoms in total. The average molecular weight is 341 g/mol. The van der Waals surface area contributed by atoms with E-state index < -0.39 is 0 Å². The van der Waals surface area contributed by atoms with Crippen molar-refractivity contribution in [2.75, 3.05) is 13.2 Å². The molecule has 136 valence electrons. The number of benzene rings is 2. The Morgan fingerprint density at radius 1 is 1.04 bits per heavy atom. The van der Waals surface area contributed by atoms with E-state index in [1.165, 1.54) is 16.7 Å². The third-order valence-corrected chi connectivity index (χ3v) is 4.63. The van der Waals surface area contributed by atoms with E-state index >= 15 is 0 Å². The maximum absolute atomic E-state index is 9.65. The molecule has 0 heterocycles. The van der Waals surface area contributed by atoms with E-state index in [-0.39, 0.29) is 17.9 Å². The highest BCUT2D eigenvalue weighted by atomic mass is 16.5. The first-order valence-electron chi connectivity index (χ1n) is 9.40. The second kappa shape index (κ2) is 9.05. The number of hydrogen-bond acceptors (Lipinski definition) is 2. The number of aliphatic hydroxyl groups is 1. The van der Waals surface area contributed by atoms with Crippen molar-refractivity contribution in [2.24, 2.45) is 0 Å². The van der Waals surface area contributed by atoms with Crippen LogP contribution in [0.5, 0.6) is 5.75 Å². The van der Waals surface area contributed by atoms with Gasteiger partial charge in [-0.15, -0.1) is 0 Å². The van der Waals surface area contributed by atoms with Crippen molar-refractivity contribution < 1.29 is 9.84 Å². The molecule has 2 aromatic rings. The molecule has 0 aliphatic carbocycles. The van der Waals surface area contributed by atoms with Crippen molar-refractivity contribution in [1.82, 2.24) is 0 Å². The van der Waals surface area contributed by atoms with Gasteiger partial charge in [0.25, 0.3) is 0 Å². The highest BCUT2D eigenvalue weighted by molar-refractivity contribution is 5.46. The van der Waals surface area contributed by atoms with Crippen molar-refractivity contribution in [1.29, 1.82) is 0 Å². The van der Waals surface area contributed by atoms with Crippen molar-refractivity contribution in [2.45, 2.75) is 58.3 Å². The normalized spacial score (nSPS) is 12.8. The minimum atomic E-state index is 0.0805. The fraction of sp³-hybridized carbons (Fsp3) is 0.478. The van der Waals surface area contributed by atoms with Crippen LogP contribution in [-0.4, -0.2) is 18.3 Å². The van der Waals surface area contributed by atoms with Crippen LogP contribution in [-0.2, 0) is 5.41 Å². The van der Waals surface area contributed by atoms with Gasteiger partial charge in [0.05, 0.1) is 6.61 Å². The lowest BCUT2D eigenvalue weighted by Crippen LogP contribution is -2.14. The monoisotopic (exact) mass is 340 g/mol. The first kappa shape index (κ1) is 19.5. The van der Waals surface area contributed by atoms with E-state index in [9.17, 15) is 5.11 Å². The first-order chi connectivity index (χ1) is 12.0. The Morgan fingerprint density at radius 2 is 1.76 bits per heavy atom. The number of hydrogen-bond donors (Lipinski definition) is 1. The largest absolute Gasteiger partial charge is 0.493 e. The molecule has 0 spiro atoms. The van der Waals surface area contributed by atoms with Crippen LogP contribution in [0.25, 0.3) is 0 Å². The van der Waals surface area contributed by atoms with Crippen LogP contribution in [0.4, 0.5) is 0 Å². The molecule has 0 radical (unpaired) electrons. The summed E-state index contributed by atoms with van der Waals surface area (Å²) in [5.41, 5.74) is 3.79. The topological polar surface area (TPSA) is 29.5 Å². The lowest BCUT2D eigenvalue weighted by Gasteiger charge is -2.25. The Balaban J connectivity index is 2.47. The molecule has 25 heavy (non-hydrogen) atoms. The van der Waals surface area contributed by atoms with Gasteiger partial charge in [-0.2, -0.15) is 0 Å². The van der Waals surface area contributed by atoms with Crippen LogP contribution in [0.15, 0.2) is 48.5 Å². The molecule has 0 saturated carbocycles. The quantitative estimate of drug-likeness (QED) is 0.627. The van der Waals surface area contributed by atoms with Gasteiger partial charge in [0.1, 0.15) is 5.75 Å². The Kier molecular flexibility index (Phi) is 7.07. The molecule has 0 aliphatic rings. The number of unbranched alkanes of at least 4 members (excludes halogenated alkanes) is 1. The highest BCUT2D eigenvalue weighted by Gasteiger charge is 2.22. The first-order valence-corrected chi connectivity index (χ1v) is 9.40. The van der Waals surface area contributed by atoms with E-state index in [1.807, 2.05) is 6.07 Å². The molecule has 0 bridgehead atoms. The van der Waals surface area contributed by atoms with Crippen LogP contribution >= 0.6 is 0 Å². The minimum absolute atomic E-state index is 0.0805. The summed E-state index contributed by atoms with van der Waals surface area (Å²) in [4.78, 5) is 0. The SMILES string of the molecule is CCCCOc1ccc(C(C)(C)C)cc1C(CCO)c1ccccc1. The van der Waals surface area contributed by atoms with E-state index in [2.05, 4.69) is 70.2 Å². The van der Waals surface area contributed by atoms with Crippen LogP contribution in [0.3, 0.4) is 0 Å². The smallest absolute Gasteiger partial charge is 0.123 e. The summed E-state index contributed by atoms with van der Waals surface area (Å²) in [6.07, 6.45) is 2.87. The summed E-state index contributed by atoms with van der Waals surface area (Å²) in [7, 11) is 0. The maximum Gasteiger partial charge on any atom is 0.123 e. The minimum Gasteiger partial charge on any atom is -0.493 e. The summed E-state index contributed by atoms with van der Waals surface area (Å²) in [5.74, 6) is 1.09. The van der Waals surface area contributed by atoms with Gasteiger partial charge in [0.2, 0.25) is 0 Å². The molecule has 0 fully saturated rings. The standard InChI is InChI=1S/C23H32O2/c1-5-6-16-25-22-13-12-19(23(2,3)4)17-21(22)20(14-15-24)18-10-8-7-9-11-18/h7-13,17,20,24H,5-6,14-16H2,1-4H3. The molecule has 1 unspecified atom stereocenters. The summed E-state index contributed by atoms with van der Waals surface area (Å²) < 4.78 is 6.11. The van der Waals surface area contributed by atoms with Gasteiger partial charge in [-0.05, 0) is 35.4 Å². The molecule has 2 rings (SSSR count). The van der Waals surface area contributed by atoms with Gasteiger partial charge in [-0.3, -0.25) is 0 Å². The molecular weight excluding hydrogens is 308 g/mol. The van der Waals surface area contributed by atoms with E-state index in [0.29, 0.717) is 6.42 Å². The zero-order chi connectivity index (χ0) is 18.3.